The summed E-state index contributed by atoms with van der Waals surface area (Å²) in [6.45, 7) is 0. The van der Waals surface area contributed by atoms with Crippen molar-refractivity contribution >= 4 is 32.9 Å². The Morgan fingerprint density at radius 2 is 1.23 bits per heavy atom. The largest absolute Gasteiger partial charge is 0.314 e. The molecule has 2 aliphatic carbocycles. The Kier molecular flexibility index (Phi) is 6.72. The average molecular weight is 621 g/mol. The normalized spacial score (nSPS) is 14.4. The molecule has 6 aromatic carbocycles. The van der Waals surface area contributed by atoms with Gasteiger partial charge in [-0.2, -0.15) is 0 Å². The molecular weight excluding hydrogens is 589 g/mol. The molecule has 47 heavy (non-hydrogen) atoms. The maximum atomic E-state index is 5.11. The molecule has 0 saturated carbocycles. The van der Waals surface area contributed by atoms with Crippen molar-refractivity contribution in [2.24, 2.45) is 0 Å². The van der Waals surface area contributed by atoms with E-state index in [1.165, 1.54) is 43.8 Å². The standard InChI is InChI=1S/C44H32N2S/c1-5-15-31(16-6-1)43-45-41-30-36(26-28-42(41)47-43)46(34-21-11-4-12-22-34)35-25-27-38-37-23-13-14-24-39(37)44(40(38)29-35,32-17-7-2-8-18-32)33-19-9-3-10-20-33/h1-11,13-21,23-30H,12,22H2. The highest BCUT2D eigenvalue weighted by atomic mass is 32.1. The molecule has 0 bridgehead atoms. The van der Waals surface area contributed by atoms with Gasteiger partial charge in [0.2, 0.25) is 0 Å². The number of aromatic nitrogens is 1. The maximum absolute atomic E-state index is 5.11. The average Bonchev–Trinajstić information content (AvgIpc) is 3.71. The zero-order valence-corrected chi connectivity index (χ0v) is 26.7. The van der Waals surface area contributed by atoms with Crippen molar-refractivity contribution in [3.63, 3.8) is 0 Å². The first-order valence-electron chi connectivity index (χ1n) is 16.3. The fourth-order valence-electron chi connectivity index (χ4n) is 7.59. The lowest BCUT2D eigenvalue weighted by atomic mass is 9.67. The van der Waals surface area contributed by atoms with Crippen LogP contribution in [0.5, 0.6) is 0 Å². The summed E-state index contributed by atoms with van der Waals surface area (Å²) >= 11 is 1.75. The van der Waals surface area contributed by atoms with E-state index in [1.54, 1.807) is 11.3 Å². The maximum Gasteiger partial charge on any atom is 0.124 e. The van der Waals surface area contributed by atoms with Gasteiger partial charge < -0.3 is 4.90 Å². The van der Waals surface area contributed by atoms with Crippen molar-refractivity contribution in [1.82, 2.24) is 4.98 Å². The van der Waals surface area contributed by atoms with Crippen LogP contribution in [-0.2, 0) is 5.41 Å². The minimum atomic E-state index is -0.444. The van der Waals surface area contributed by atoms with Crippen LogP contribution in [0.2, 0.25) is 0 Å². The van der Waals surface area contributed by atoms with Gasteiger partial charge in [-0.3, -0.25) is 0 Å². The summed E-state index contributed by atoms with van der Waals surface area (Å²) in [7, 11) is 0. The summed E-state index contributed by atoms with van der Waals surface area (Å²) in [4.78, 5) is 7.56. The molecule has 0 N–H and O–H groups in total. The molecule has 0 spiro atoms. The van der Waals surface area contributed by atoms with E-state index in [9.17, 15) is 0 Å². The van der Waals surface area contributed by atoms with Crippen LogP contribution >= 0.6 is 11.3 Å². The van der Waals surface area contributed by atoms with Gasteiger partial charge in [-0.1, -0.05) is 133 Å². The second-order valence-corrected chi connectivity index (χ2v) is 13.3. The van der Waals surface area contributed by atoms with Crippen LogP contribution in [0.4, 0.5) is 11.4 Å². The Morgan fingerprint density at radius 3 is 1.96 bits per heavy atom. The Balaban J connectivity index is 1.27. The van der Waals surface area contributed by atoms with Gasteiger partial charge in [0.25, 0.3) is 0 Å². The number of fused-ring (bicyclic) bond motifs is 4. The summed E-state index contributed by atoms with van der Waals surface area (Å²) in [6, 6.07) is 55.4. The second-order valence-electron chi connectivity index (χ2n) is 12.3. The molecule has 2 aliphatic rings. The molecule has 0 radical (unpaired) electrons. The summed E-state index contributed by atoms with van der Waals surface area (Å²) in [5.41, 5.74) is 13.1. The quantitative estimate of drug-likeness (QED) is 0.184. The molecule has 1 aromatic heterocycles. The molecule has 0 saturated heterocycles. The minimum absolute atomic E-state index is 0.444. The summed E-state index contributed by atoms with van der Waals surface area (Å²) in [6.07, 6.45) is 8.72. The van der Waals surface area contributed by atoms with Crippen LogP contribution in [0.3, 0.4) is 0 Å². The summed E-state index contributed by atoms with van der Waals surface area (Å²) < 4.78 is 1.20. The molecule has 224 valence electrons. The van der Waals surface area contributed by atoms with Gasteiger partial charge in [-0.15, -0.1) is 11.3 Å². The number of hydrogen-bond donors (Lipinski definition) is 0. The first-order chi connectivity index (χ1) is 23.3. The Hall–Kier alpha value is -5.51. The molecule has 0 unspecified atom stereocenters. The molecule has 2 nitrogen and oxygen atoms in total. The second kappa shape index (κ2) is 11.4. The molecular formula is C44H32N2S. The fraction of sp³-hybridized carbons (Fsp3) is 0.0682. The van der Waals surface area contributed by atoms with Gasteiger partial charge in [0, 0.05) is 22.6 Å². The van der Waals surface area contributed by atoms with E-state index in [0.29, 0.717) is 0 Å². The lowest BCUT2D eigenvalue weighted by Crippen LogP contribution is -2.29. The monoisotopic (exact) mass is 620 g/mol. The predicted octanol–water partition coefficient (Wildman–Crippen LogP) is 11.7. The number of rotatable bonds is 6. The Morgan fingerprint density at radius 1 is 0.596 bits per heavy atom. The third kappa shape index (κ3) is 4.50. The zero-order valence-electron chi connectivity index (χ0n) is 25.9. The van der Waals surface area contributed by atoms with Crippen LogP contribution < -0.4 is 4.90 Å². The molecule has 9 rings (SSSR count). The van der Waals surface area contributed by atoms with Gasteiger partial charge in [-0.05, 0) is 82.6 Å². The van der Waals surface area contributed by atoms with Gasteiger partial charge >= 0.3 is 0 Å². The highest BCUT2D eigenvalue weighted by Crippen LogP contribution is 2.57. The SMILES string of the molecule is C1=CCCC(N(c2ccc3c(c2)C(c2ccccc2)(c2ccccc2)c2ccccc2-3)c2ccc3sc(-c4ccccc4)nc3c2)=C1. The molecule has 0 fully saturated rings. The van der Waals surface area contributed by atoms with E-state index in [4.69, 9.17) is 4.98 Å². The molecule has 3 heteroatoms. The predicted molar refractivity (Wildman–Crippen MR) is 197 cm³/mol. The van der Waals surface area contributed by atoms with E-state index in [2.05, 4.69) is 175 Å². The number of benzene rings is 6. The van der Waals surface area contributed by atoms with E-state index < -0.39 is 5.41 Å². The van der Waals surface area contributed by atoms with E-state index in [-0.39, 0.29) is 0 Å². The molecule has 0 atom stereocenters. The van der Waals surface area contributed by atoms with E-state index in [0.717, 1.165) is 40.3 Å². The number of allylic oxidation sites excluding steroid dienone is 4. The number of nitrogens with zero attached hydrogens (tertiary/aromatic N) is 2. The van der Waals surface area contributed by atoms with E-state index >= 15 is 0 Å². The van der Waals surface area contributed by atoms with Gasteiger partial charge in [0.05, 0.1) is 15.6 Å². The van der Waals surface area contributed by atoms with Crippen molar-refractivity contribution in [1.29, 1.82) is 0 Å². The highest BCUT2D eigenvalue weighted by molar-refractivity contribution is 7.21. The smallest absolute Gasteiger partial charge is 0.124 e. The Labute approximate surface area is 279 Å². The lowest BCUT2D eigenvalue weighted by molar-refractivity contribution is 0.768. The van der Waals surface area contributed by atoms with Gasteiger partial charge in [0.1, 0.15) is 5.01 Å². The van der Waals surface area contributed by atoms with Gasteiger partial charge in [0.15, 0.2) is 0 Å². The molecule has 0 amide bonds. The van der Waals surface area contributed by atoms with E-state index in [1.807, 2.05) is 0 Å². The topological polar surface area (TPSA) is 16.1 Å². The third-order valence-electron chi connectivity index (χ3n) is 9.63. The zero-order chi connectivity index (χ0) is 31.2. The van der Waals surface area contributed by atoms with Crippen molar-refractivity contribution < 1.29 is 0 Å². The molecule has 1 heterocycles. The summed E-state index contributed by atoms with van der Waals surface area (Å²) in [5.74, 6) is 0. The third-order valence-corrected chi connectivity index (χ3v) is 10.7. The minimum Gasteiger partial charge on any atom is -0.314 e. The summed E-state index contributed by atoms with van der Waals surface area (Å²) in [5, 5.41) is 1.05. The molecule has 0 aliphatic heterocycles. The van der Waals surface area contributed by atoms with Crippen LogP contribution in [0, 0.1) is 0 Å². The van der Waals surface area contributed by atoms with Crippen LogP contribution in [0.25, 0.3) is 31.9 Å². The van der Waals surface area contributed by atoms with Crippen LogP contribution in [-0.4, -0.2) is 4.98 Å². The van der Waals surface area contributed by atoms with Gasteiger partial charge in [-0.25, -0.2) is 4.98 Å². The highest BCUT2D eigenvalue weighted by Gasteiger charge is 2.46. The number of hydrogen-bond acceptors (Lipinski definition) is 3. The van der Waals surface area contributed by atoms with Crippen molar-refractivity contribution in [3.8, 4) is 21.7 Å². The number of anilines is 2. The van der Waals surface area contributed by atoms with Crippen LogP contribution in [0.1, 0.15) is 35.1 Å². The van der Waals surface area contributed by atoms with Crippen molar-refractivity contribution in [2.75, 3.05) is 4.90 Å². The van der Waals surface area contributed by atoms with Crippen molar-refractivity contribution in [3.05, 3.63) is 198 Å². The lowest BCUT2D eigenvalue weighted by Gasteiger charge is -2.35. The molecule has 7 aromatic rings. The first-order valence-corrected chi connectivity index (χ1v) is 17.1. The Bertz CT molecular complexity index is 2260. The first kappa shape index (κ1) is 27.8. The van der Waals surface area contributed by atoms with Crippen LogP contribution in [0.15, 0.2) is 176 Å². The fourth-order valence-corrected chi connectivity index (χ4v) is 8.54. The number of thiazole rings is 1. The van der Waals surface area contributed by atoms with Crippen molar-refractivity contribution in [2.45, 2.75) is 18.3 Å².